The van der Waals surface area contributed by atoms with Crippen LogP contribution >= 0.6 is 11.8 Å². The van der Waals surface area contributed by atoms with Gasteiger partial charge < -0.3 is 5.32 Å². The topological polar surface area (TPSA) is 53.6 Å². The number of rotatable bonds is 4. The van der Waals surface area contributed by atoms with Crippen molar-refractivity contribution in [2.75, 3.05) is 5.32 Å². The molecule has 21 heavy (non-hydrogen) atoms. The number of nitrogens with zero attached hydrogens (tertiary/aromatic N) is 2. The van der Waals surface area contributed by atoms with Gasteiger partial charge in [0.25, 0.3) is 0 Å². The third-order valence-electron chi connectivity index (χ3n) is 4.52. The van der Waals surface area contributed by atoms with Crippen molar-refractivity contribution in [3.05, 3.63) is 30.6 Å². The van der Waals surface area contributed by atoms with Crippen molar-refractivity contribution in [2.24, 2.45) is 11.8 Å². The molecule has 1 aromatic carbocycles. The zero-order chi connectivity index (χ0) is 14.7. The maximum atomic E-state index is 4.13. The Labute approximate surface area is 130 Å². The van der Waals surface area contributed by atoms with Gasteiger partial charge in [0.2, 0.25) is 0 Å². The summed E-state index contributed by atoms with van der Waals surface area (Å²) in [4.78, 5) is 5.30. The number of nitrogens with one attached hydrogen (secondary N) is 2. The fraction of sp³-hybridized carbons (Fsp3) is 0.500. The van der Waals surface area contributed by atoms with E-state index < -0.39 is 0 Å². The van der Waals surface area contributed by atoms with E-state index in [9.17, 15) is 0 Å². The van der Waals surface area contributed by atoms with E-state index >= 15 is 0 Å². The van der Waals surface area contributed by atoms with Crippen molar-refractivity contribution in [2.45, 2.75) is 49.2 Å². The highest BCUT2D eigenvalue weighted by molar-refractivity contribution is 7.99. The van der Waals surface area contributed by atoms with Gasteiger partial charge in [-0.2, -0.15) is 5.10 Å². The lowest BCUT2D eigenvalue weighted by Crippen LogP contribution is -2.34. The summed E-state index contributed by atoms with van der Waals surface area (Å²) in [6.07, 6.45) is 5.51. The normalized spacial score (nSPS) is 25.7. The molecule has 5 heteroatoms. The molecule has 0 saturated heterocycles. The SMILES string of the molecule is CC1CCCC(Nc2ccc(Sc3ncn[nH]3)cc2)C1C. The zero-order valence-electron chi connectivity index (χ0n) is 12.5. The minimum atomic E-state index is 0.599. The number of benzene rings is 1. The summed E-state index contributed by atoms with van der Waals surface area (Å²) < 4.78 is 0. The minimum Gasteiger partial charge on any atom is -0.382 e. The van der Waals surface area contributed by atoms with Crippen LogP contribution in [0.2, 0.25) is 0 Å². The van der Waals surface area contributed by atoms with E-state index in [0.29, 0.717) is 6.04 Å². The highest BCUT2D eigenvalue weighted by atomic mass is 32.2. The first-order valence-corrected chi connectivity index (χ1v) is 8.44. The van der Waals surface area contributed by atoms with Crippen LogP contribution < -0.4 is 5.32 Å². The number of aromatic nitrogens is 3. The highest BCUT2D eigenvalue weighted by Gasteiger charge is 2.26. The van der Waals surface area contributed by atoms with Crippen LogP contribution in [-0.4, -0.2) is 21.2 Å². The van der Waals surface area contributed by atoms with Crippen LogP contribution in [0.5, 0.6) is 0 Å². The highest BCUT2D eigenvalue weighted by Crippen LogP contribution is 2.32. The van der Waals surface area contributed by atoms with Gasteiger partial charge in [-0.25, -0.2) is 4.98 Å². The van der Waals surface area contributed by atoms with Crippen LogP contribution in [0.25, 0.3) is 0 Å². The third-order valence-corrected chi connectivity index (χ3v) is 5.42. The molecular formula is C16H22N4S. The lowest BCUT2D eigenvalue weighted by atomic mass is 9.78. The molecule has 0 amide bonds. The Morgan fingerprint density at radius 1 is 1.19 bits per heavy atom. The summed E-state index contributed by atoms with van der Waals surface area (Å²) >= 11 is 1.59. The first-order valence-electron chi connectivity index (χ1n) is 7.62. The largest absolute Gasteiger partial charge is 0.382 e. The molecule has 0 spiro atoms. The first-order chi connectivity index (χ1) is 10.2. The molecule has 1 aliphatic rings. The van der Waals surface area contributed by atoms with Crippen molar-refractivity contribution in [3.8, 4) is 0 Å². The lowest BCUT2D eigenvalue weighted by Gasteiger charge is -2.35. The molecular weight excluding hydrogens is 280 g/mol. The Bertz CT molecular complexity index is 552. The summed E-state index contributed by atoms with van der Waals surface area (Å²) in [5, 5.41) is 11.2. The van der Waals surface area contributed by atoms with Gasteiger partial charge in [0.05, 0.1) is 0 Å². The quantitative estimate of drug-likeness (QED) is 0.889. The third kappa shape index (κ3) is 3.59. The van der Waals surface area contributed by atoms with Crippen LogP contribution in [0.1, 0.15) is 33.1 Å². The smallest absolute Gasteiger partial charge is 0.188 e. The molecule has 112 valence electrons. The van der Waals surface area contributed by atoms with Gasteiger partial charge in [-0.3, -0.25) is 5.10 Å². The number of aromatic amines is 1. The molecule has 3 unspecified atom stereocenters. The molecule has 3 rings (SSSR count). The molecule has 4 nitrogen and oxygen atoms in total. The van der Waals surface area contributed by atoms with Gasteiger partial charge in [0.1, 0.15) is 6.33 Å². The Morgan fingerprint density at radius 3 is 2.71 bits per heavy atom. The van der Waals surface area contributed by atoms with Crippen molar-refractivity contribution >= 4 is 17.4 Å². The van der Waals surface area contributed by atoms with E-state index in [-0.39, 0.29) is 0 Å². The first kappa shape index (κ1) is 14.4. The van der Waals surface area contributed by atoms with E-state index in [4.69, 9.17) is 0 Å². The van der Waals surface area contributed by atoms with Gasteiger partial charge >= 0.3 is 0 Å². The number of H-pyrrole nitrogens is 1. The minimum absolute atomic E-state index is 0.599. The van der Waals surface area contributed by atoms with E-state index in [1.807, 2.05) is 0 Å². The van der Waals surface area contributed by atoms with Crippen LogP contribution in [0, 0.1) is 11.8 Å². The van der Waals surface area contributed by atoms with E-state index in [2.05, 4.69) is 58.6 Å². The Morgan fingerprint density at radius 2 is 2.00 bits per heavy atom. The fourth-order valence-electron chi connectivity index (χ4n) is 2.97. The molecule has 0 bridgehead atoms. The Hall–Kier alpha value is -1.49. The standard InChI is InChI=1S/C16H22N4S/c1-11-4-3-5-15(12(11)2)19-13-6-8-14(9-7-13)21-16-17-10-18-20-16/h6-12,15,19H,3-5H2,1-2H3,(H,17,18,20). The molecule has 1 aromatic heterocycles. The van der Waals surface area contributed by atoms with Crippen LogP contribution in [-0.2, 0) is 0 Å². The second-order valence-electron chi connectivity index (χ2n) is 5.94. The van der Waals surface area contributed by atoms with Crippen LogP contribution in [0.3, 0.4) is 0 Å². The van der Waals surface area contributed by atoms with Crippen LogP contribution in [0.15, 0.2) is 40.6 Å². The van der Waals surface area contributed by atoms with Gasteiger partial charge in [-0.15, -0.1) is 0 Å². The summed E-state index contributed by atoms with van der Waals surface area (Å²) in [5.41, 5.74) is 1.21. The van der Waals surface area contributed by atoms with E-state index in [0.717, 1.165) is 17.0 Å². The summed E-state index contributed by atoms with van der Waals surface area (Å²) in [7, 11) is 0. The number of hydrogen-bond acceptors (Lipinski definition) is 4. The monoisotopic (exact) mass is 302 g/mol. The second kappa shape index (κ2) is 6.52. The van der Waals surface area contributed by atoms with Gasteiger partial charge in [-0.1, -0.05) is 38.5 Å². The molecule has 1 heterocycles. The summed E-state index contributed by atoms with van der Waals surface area (Å²) in [6.45, 7) is 4.74. The van der Waals surface area contributed by atoms with Crippen molar-refractivity contribution in [3.63, 3.8) is 0 Å². The average Bonchev–Trinajstić information content (AvgIpc) is 2.99. The molecule has 1 saturated carbocycles. The van der Waals surface area contributed by atoms with Gasteiger partial charge in [-0.05, 0) is 42.5 Å². The van der Waals surface area contributed by atoms with E-state index in [1.165, 1.54) is 36.2 Å². The molecule has 3 atom stereocenters. The summed E-state index contributed by atoms with van der Waals surface area (Å²) in [5.74, 6) is 1.56. The molecule has 1 fully saturated rings. The Kier molecular flexibility index (Phi) is 4.48. The fourth-order valence-corrected chi connectivity index (χ4v) is 3.67. The van der Waals surface area contributed by atoms with Gasteiger partial charge in [0.15, 0.2) is 5.16 Å². The zero-order valence-corrected chi connectivity index (χ0v) is 13.4. The maximum absolute atomic E-state index is 4.13. The van der Waals surface area contributed by atoms with E-state index in [1.54, 1.807) is 11.8 Å². The lowest BCUT2D eigenvalue weighted by molar-refractivity contribution is 0.253. The molecule has 2 aromatic rings. The maximum Gasteiger partial charge on any atom is 0.188 e. The van der Waals surface area contributed by atoms with Crippen molar-refractivity contribution in [1.82, 2.24) is 15.2 Å². The van der Waals surface area contributed by atoms with Gasteiger partial charge in [0, 0.05) is 16.6 Å². The molecule has 2 N–H and O–H groups in total. The van der Waals surface area contributed by atoms with Crippen molar-refractivity contribution in [1.29, 1.82) is 0 Å². The molecule has 1 aliphatic carbocycles. The predicted molar refractivity (Wildman–Crippen MR) is 86.5 cm³/mol. The van der Waals surface area contributed by atoms with Crippen LogP contribution in [0.4, 0.5) is 5.69 Å². The number of anilines is 1. The molecule has 0 aliphatic heterocycles. The predicted octanol–water partition coefficient (Wildman–Crippen LogP) is 4.19. The second-order valence-corrected chi connectivity index (χ2v) is 7.00. The summed E-state index contributed by atoms with van der Waals surface area (Å²) in [6, 6.07) is 9.18. The van der Waals surface area contributed by atoms with Crippen molar-refractivity contribution < 1.29 is 0 Å². The average molecular weight is 302 g/mol. The number of hydrogen-bond donors (Lipinski definition) is 2. The molecule has 0 radical (unpaired) electrons. The Balaban J connectivity index is 1.61.